The minimum Gasteiger partial charge on any atom is -0.460 e. The van der Waals surface area contributed by atoms with Crippen molar-refractivity contribution in [3.8, 4) is 0 Å². The first-order valence-corrected chi connectivity index (χ1v) is 18.3. The van der Waals surface area contributed by atoms with E-state index in [2.05, 4.69) is 11.9 Å². The fourth-order valence-electron chi connectivity index (χ4n) is 3.49. The Morgan fingerprint density at radius 3 is 1.48 bits per heavy atom. The summed E-state index contributed by atoms with van der Waals surface area (Å²) in [5.41, 5.74) is 2.39. The molecule has 3 aromatic rings. The normalized spacial score (nSPS) is 11.5. The standard InChI is InChI=1S/C15H20O2.C13H18O2.C12H18N2O3S/c1-5-12-7-9-13(10-8-12)11-17-14(16)15(3,4)6-2;1-4-13(2,3)12(14)15-10-11-8-6-5-7-9-11;1-4-12(2,3)11(15)14-9-5-7-10(8-6-9)18(13,16)17/h5,7-10H,1,6,11H2,2-4H3;5-9H,4,10H2,1-3H3;5-8H,4H2,1-3H3,(H,14,15)(H2,13,16,17). The second kappa shape index (κ2) is 19.8. The molecule has 0 aliphatic rings. The predicted octanol–water partition coefficient (Wildman–Crippen LogP) is 8.68. The quantitative estimate of drug-likeness (QED) is 0.169. The molecule has 0 aliphatic carbocycles. The van der Waals surface area contributed by atoms with Crippen LogP contribution in [0.2, 0.25) is 0 Å². The van der Waals surface area contributed by atoms with E-state index in [-0.39, 0.29) is 28.2 Å². The Bertz CT molecular complexity index is 1630. The van der Waals surface area contributed by atoms with Crippen LogP contribution in [-0.4, -0.2) is 26.3 Å². The van der Waals surface area contributed by atoms with Crippen molar-refractivity contribution in [1.29, 1.82) is 0 Å². The SMILES string of the molecule is C=Cc1ccc(COC(=O)C(C)(C)CC)cc1.CCC(C)(C)C(=O)Nc1ccc(S(N)(=O)=O)cc1.CCC(C)(C)C(=O)OCc1ccccc1. The second-order valence-electron chi connectivity index (χ2n) is 13.8. The summed E-state index contributed by atoms with van der Waals surface area (Å²) in [7, 11) is -3.69. The molecule has 3 aromatic carbocycles. The summed E-state index contributed by atoms with van der Waals surface area (Å²) in [6, 6.07) is 23.3. The van der Waals surface area contributed by atoms with Crippen LogP contribution in [0.3, 0.4) is 0 Å². The van der Waals surface area contributed by atoms with Gasteiger partial charge in [-0.05, 0) is 87.9 Å². The zero-order valence-corrected chi connectivity index (χ0v) is 32.0. The molecule has 0 saturated carbocycles. The van der Waals surface area contributed by atoms with Gasteiger partial charge in [-0.1, -0.05) is 102 Å². The Balaban J connectivity index is 0.000000377. The smallest absolute Gasteiger partial charge is 0.311 e. The first-order valence-electron chi connectivity index (χ1n) is 16.8. The average molecular weight is 709 g/mol. The molecule has 3 N–H and O–H groups in total. The lowest BCUT2D eigenvalue weighted by Crippen LogP contribution is -2.29. The fourth-order valence-corrected chi connectivity index (χ4v) is 4.01. The zero-order valence-electron chi connectivity index (χ0n) is 31.2. The van der Waals surface area contributed by atoms with E-state index < -0.39 is 20.9 Å². The van der Waals surface area contributed by atoms with Gasteiger partial charge in [0.1, 0.15) is 13.2 Å². The van der Waals surface area contributed by atoms with Crippen molar-refractivity contribution in [2.24, 2.45) is 21.4 Å². The van der Waals surface area contributed by atoms with E-state index in [4.69, 9.17) is 14.6 Å². The number of amides is 1. The van der Waals surface area contributed by atoms with Gasteiger partial charge in [-0.25, -0.2) is 13.6 Å². The Morgan fingerprint density at radius 1 is 0.680 bits per heavy atom. The minimum atomic E-state index is -3.69. The summed E-state index contributed by atoms with van der Waals surface area (Å²) < 4.78 is 32.7. The van der Waals surface area contributed by atoms with Crippen LogP contribution in [0.5, 0.6) is 0 Å². The Morgan fingerprint density at radius 2 is 1.10 bits per heavy atom. The number of anilines is 1. The Kier molecular flexibility index (Phi) is 17.3. The van der Waals surface area contributed by atoms with Crippen LogP contribution in [-0.2, 0) is 47.1 Å². The van der Waals surface area contributed by atoms with E-state index in [0.29, 0.717) is 25.3 Å². The number of rotatable bonds is 13. The topological polar surface area (TPSA) is 142 Å². The van der Waals surface area contributed by atoms with Crippen LogP contribution in [0.25, 0.3) is 6.08 Å². The third kappa shape index (κ3) is 15.1. The molecule has 0 atom stereocenters. The highest BCUT2D eigenvalue weighted by molar-refractivity contribution is 7.89. The van der Waals surface area contributed by atoms with Crippen molar-refractivity contribution >= 4 is 39.6 Å². The van der Waals surface area contributed by atoms with Gasteiger partial charge in [0.2, 0.25) is 15.9 Å². The number of ether oxygens (including phenoxy) is 2. The van der Waals surface area contributed by atoms with Gasteiger partial charge >= 0.3 is 11.9 Å². The number of nitrogens with one attached hydrogen (secondary N) is 1. The molecule has 0 bridgehead atoms. The first kappa shape index (κ1) is 43.7. The molecule has 1 amide bonds. The van der Waals surface area contributed by atoms with Crippen LogP contribution in [0.15, 0.2) is 90.3 Å². The van der Waals surface area contributed by atoms with Gasteiger partial charge in [-0.2, -0.15) is 0 Å². The van der Waals surface area contributed by atoms with Crippen molar-refractivity contribution in [3.05, 3.63) is 102 Å². The monoisotopic (exact) mass is 708 g/mol. The first-order chi connectivity index (χ1) is 23.2. The maximum Gasteiger partial charge on any atom is 0.311 e. The maximum atomic E-state index is 11.9. The highest BCUT2D eigenvalue weighted by Gasteiger charge is 2.28. The summed E-state index contributed by atoms with van der Waals surface area (Å²) in [5, 5.41) is 7.72. The van der Waals surface area contributed by atoms with Crippen molar-refractivity contribution in [3.63, 3.8) is 0 Å². The third-order valence-corrected chi connectivity index (χ3v) is 9.54. The van der Waals surface area contributed by atoms with Gasteiger partial charge in [-0.3, -0.25) is 14.4 Å². The summed E-state index contributed by atoms with van der Waals surface area (Å²) in [6.45, 7) is 21.6. The molecule has 0 heterocycles. The van der Waals surface area contributed by atoms with Crippen LogP contribution in [0.4, 0.5) is 5.69 Å². The summed E-state index contributed by atoms with van der Waals surface area (Å²) in [6.07, 6.45) is 4.08. The summed E-state index contributed by atoms with van der Waals surface area (Å²) >= 11 is 0. The summed E-state index contributed by atoms with van der Waals surface area (Å²) in [4.78, 5) is 35.3. The summed E-state index contributed by atoms with van der Waals surface area (Å²) in [5.74, 6) is -0.380. The van der Waals surface area contributed by atoms with Gasteiger partial charge in [0, 0.05) is 11.1 Å². The number of primary sulfonamides is 1. The molecule has 0 radical (unpaired) electrons. The molecule has 9 nitrogen and oxygen atoms in total. The van der Waals surface area contributed by atoms with Crippen molar-refractivity contribution in [1.82, 2.24) is 0 Å². The highest BCUT2D eigenvalue weighted by Crippen LogP contribution is 2.24. The van der Waals surface area contributed by atoms with Crippen molar-refractivity contribution < 1.29 is 32.3 Å². The van der Waals surface area contributed by atoms with Crippen LogP contribution >= 0.6 is 0 Å². The van der Waals surface area contributed by atoms with Gasteiger partial charge in [0.15, 0.2) is 0 Å². The number of carbonyl (C=O) groups is 3. The van der Waals surface area contributed by atoms with Gasteiger partial charge in [-0.15, -0.1) is 0 Å². The van der Waals surface area contributed by atoms with Gasteiger partial charge in [0.05, 0.1) is 15.7 Å². The van der Waals surface area contributed by atoms with Crippen molar-refractivity contribution in [2.75, 3.05) is 5.32 Å². The average Bonchev–Trinajstić information content (AvgIpc) is 3.10. The van der Waals surface area contributed by atoms with Crippen LogP contribution < -0.4 is 10.5 Å². The lowest BCUT2D eigenvalue weighted by molar-refractivity contribution is -0.156. The third-order valence-electron chi connectivity index (χ3n) is 8.61. The van der Waals surface area contributed by atoms with E-state index in [0.717, 1.165) is 29.5 Å². The molecule has 0 saturated heterocycles. The molecule has 3 rings (SSSR count). The predicted molar refractivity (Wildman–Crippen MR) is 201 cm³/mol. The minimum absolute atomic E-state index is 0.0234. The molecular weight excluding hydrogens is 653 g/mol. The number of carbonyl (C=O) groups excluding carboxylic acids is 3. The van der Waals surface area contributed by atoms with E-state index in [9.17, 15) is 22.8 Å². The van der Waals surface area contributed by atoms with Crippen molar-refractivity contribution in [2.45, 2.75) is 99.7 Å². The number of benzene rings is 3. The Labute approximate surface area is 299 Å². The molecule has 0 aromatic heterocycles. The van der Waals surface area contributed by atoms with E-state index in [1.807, 2.05) is 117 Å². The molecule has 274 valence electrons. The highest BCUT2D eigenvalue weighted by atomic mass is 32.2. The largest absolute Gasteiger partial charge is 0.460 e. The maximum absolute atomic E-state index is 11.9. The number of hydrogen-bond acceptors (Lipinski definition) is 7. The number of nitrogens with two attached hydrogens (primary N) is 1. The fraction of sp³-hybridized carbons (Fsp3) is 0.425. The van der Waals surface area contributed by atoms with E-state index in [1.54, 1.807) is 6.08 Å². The lowest BCUT2D eigenvalue weighted by atomic mass is 9.89. The molecular formula is C40H56N2O7S. The lowest BCUT2D eigenvalue weighted by Gasteiger charge is -2.21. The molecule has 10 heteroatoms. The van der Waals surface area contributed by atoms with Gasteiger partial charge < -0.3 is 14.8 Å². The Hall–Kier alpha value is -4.28. The number of hydrogen-bond donors (Lipinski definition) is 2. The molecule has 0 fully saturated rings. The molecule has 0 aliphatic heterocycles. The molecule has 0 spiro atoms. The molecule has 50 heavy (non-hydrogen) atoms. The molecule has 0 unspecified atom stereocenters. The van der Waals surface area contributed by atoms with Crippen LogP contribution in [0, 0.1) is 16.2 Å². The van der Waals surface area contributed by atoms with Crippen LogP contribution in [0.1, 0.15) is 98.3 Å². The van der Waals surface area contributed by atoms with E-state index in [1.165, 1.54) is 24.3 Å². The number of sulfonamides is 1. The number of esters is 2. The van der Waals surface area contributed by atoms with E-state index >= 15 is 0 Å². The zero-order chi connectivity index (χ0) is 38.2. The second-order valence-corrected chi connectivity index (χ2v) is 15.4. The van der Waals surface area contributed by atoms with Gasteiger partial charge in [0.25, 0.3) is 0 Å².